The third-order valence-electron chi connectivity index (χ3n) is 3.59. The van der Waals surface area contributed by atoms with Gasteiger partial charge in [-0.2, -0.15) is 0 Å². The fourth-order valence-electron chi connectivity index (χ4n) is 2.43. The first-order valence-electron chi connectivity index (χ1n) is 7.74. The second-order valence-corrected chi connectivity index (χ2v) is 5.23. The lowest BCUT2D eigenvalue weighted by Gasteiger charge is -2.13. The van der Waals surface area contributed by atoms with Gasteiger partial charge in [0.1, 0.15) is 18.8 Å². The molecule has 0 atom stereocenters. The van der Waals surface area contributed by atoms with Gasteiger partial charge in [0.15, 0.2) is 11.5 Å². The first kappa shape index (κ1) is 19.3. The van der Waals surface area contributed by atoms with Crippen molar-refractivity contribution in [3.05, 3.63) is 48.3 Å². The molecule has 3 aromatic rings. The van der Waals surface area contributed by atoms with Crippen molar-refractivity contribution in [2.75, 3.05) is 25.6 Å². The lowest BCUT2D eigenvalue weighted by molar-refractivity contribution is 0.303. The molecular weight excluding hydrogens is 352 g/mol. The normalized spacial score (nSPS) is 9.88. The molecule has 26 heavy (non-hydrogen) atoms. The van der Waals surface area contributed by atoms with E-state index in [0.717, 1.165) is 22.2 Å². The Labute approximate surface area is 158 Å². The summed E-state index contributed by atoms with van der Waals surface area (Å²) in [5.41, 5.74) is 7.89. The van der Waals surface area contributed by atoms with E-state index in [9.17, 15) is 0 Å². The maximum atomic E-state index is 5.67. The van der Waals surface area contributed by atoms with Crippen molar-refractivity contribution in [3.63, 3.8) is 0 Å². The zero-order valence-electron chi connectivity index (χ0n) is 14.2. The highest BCUT2D eigenvalue weighted by molar-refractivity contribution is 5.93. The minimum atomic E-state index is 0. The van der Waals surface area contributed by atoms with Gasteiger partial charge >= 0.3 is 0 Å². The van der Waals surface area contributed by atoms with E-state index in [-0.39, 0.29) is 12.4 Å². The van der Waals surface area contributed by atoms with Crippen LogP contribution >= 0.6 is 12.4 Å². The number of terminal acetylenes is 1. The number of nitrogens with two attached hydrogens (primary N) is 1. The predicted molar refractivity (Wildman–Crippen MR) is 106 cm³/mol. The van der Waals surface area contributed by atoms with E-state index < -0.39 is 0 Å². The highest BCUT2D eigenvalue weighted by atomic mass is 35.5. The Morgan fingerprint density at radius 3 is 2.77 bits per heavy atom. The van der Waals surface area contributed by atoms with Crippen LogP contribution in [0.1, 0.15) is 5.56 Å². The van der Waals surface area contributed by atoms with E-state index in [2.05, 4.69) is 21.2 Å². The molecule has 0 saturated heterocycles. The average Bonchev–Trinajstić information content (AvgIpc) is 2.66. The van der Waals surface area contributed by atoms with Crippen LogP contribution in [0.5, 0.6) is 11.5 Å². The van der Waals surface area contributed by atoms with Crippen LogP contribution in [-0.4, -0.2) is 30.2 Å². The molecule has 0 amide bonds. The number of halogens is 1. The standard InChI is InChI=1S/C19H18N4O2.ClH/c1-3-13-5-4-6-14(9-13)23-19-15-10-18(25-8-7-20)17(24-2)11-16(15)21-12-22-19;/h1,4-6,9-12H,7-8,20H2,2H3,(H,21,22,23);1H. The molecule has 0 spiro atoms. The van der Waals surface area contributed by atoms with Crippen molar-refractivity contribution in [2.45, 2.75) is 0 Å². The van der Waals surface area contributed by atoms with E-state index >= 15 is 0 Å². The Hall–Kier alpha value is -3.01. The number of aromatic nitrogens is 2. The molecule has 0 unspecified atom stereocenters. The number of hydrogen-bond donors (Lipinski definition) is 2. The van der Waals surface area contributed by atoms with Gasteiger partial charge in [0.25, 0.3) is 0 Å². The third-order valence-corrected chi connectivity index (χ3v) is 3.59. The zero-order chi connectivity index (χ0) is 17.6. The number of benzene rings is 2. The summed E-state index contributed by atoms with van der Waals surface area (Å²) in [6.07, 6.45) is 6.95. The maximum Gasteiger partial charge on any atom is 0.162 e. The molecule has 0 bridgehead atoms. The molecule has 0 saturated carbocycles. The van der Waals surface area contributed by atoms with Crippen LogP contribution in [0.25, 0.3) is 10.9 Å². The quantitative estimate of drug-likeness (QED) is 0.649. The fourth-order valence-corrected chi connectivity index (χ4v) is 2.43. The van der Waals surface area contributed by atoms with Gasteiger partial charge in [-0.25, -0.2) is 9.97 Å². The summed E-state index contributed by atoms with van der Waals surface area (Å²) in [4.78, 5) is 8.64. The van der Waals surface area contributed by atoms with Gasteiger partial charge in [0.05, 0.1) is 12.6 Å². The largest absolute Gasteiger partial charge is 0.493 e. The number of anilines is 2. The first-order chi connectivity index (χ1) is 12.2. The Morgan fingerprint density at radius 2 is 2.04 bits per heavy atom. The van der Waals surface area contributed by atoms with Crippen LogP contribution in [0.15, 0.2) is 42.7 Å². The number of ether oxygens (including phenoxy) is 2. The number of nitrogens with zero attached hydrogens (tertiary/aromatic N) is 2. The summed E-state index contributed by atoms with van der Waals surface area (Å²) < 4.78 is 11.0. The SMILES string of the molecule is C#Cc1cccc(Nc2ncnc3cc(OC)c(OCCN)cc23)c1.Cl. The first-order valence-corrected chi connectivity index (χ1v) is 7.74. The number of methoxy groups -OCH3 is 1. The number of rotatable bonds is 6. The maximum absolute atomic E-state index is 5.67. The van der Waals surface area contributed by atoms with E-state index in [1.807, 2.05) is 36.4 Å². The molecule has 0 fully saturated rings. The van der Waals surface area contributed by atoms with Gasteiger partial charge < -0.3 is 20.5 Å². The minimum absolute atomic E-state index is 0. The highest BCUT2D eigenvalue weighted by Gasteiger charge is 2.12. The Morgan fingerprint density at radius 1 is 1.19 bits per heavy atom. The molecule has 7 heteroatoms. The van der Waals surface area contributed by atoms with Crippen molar-refractivity contribution in [2.24, 2.45) is 5.73 Å². The highest BCUT2D eigenvalue weighted by Crippen LogP contribution is 2.34. The van der Waals surface area contributed by atoms with Gasteiger partial charge in [0, 0.05) is 29.2 Å². The molecule has 1 aromatic heterocycles. The Kier molecular flexibility index (Phi) is 6.61. The summed E-state index contributed by atoms with van der Waals surface area (Å²) >= 11 is 0. The molecule has 0 aliphatic rings. The smallest absolute Gasteiger partial charge is 0.162 e. The molecule has 0 aliphatic heterocycles. The second kappa shape index (κ2) is 8.90. The van der Waals surface area contributed by atoms with Gasteiger partial charge in [-0.05, 0) is 24.3 Å². The summed E-state index contributed by atoms with van der Waals surface area (Å²) in [6.45, 7) is 0.805. The molecule has 6 nitrogen and oxygen atoms in total. The van der Waals surface area contributed by atoms with E-state index in [4.69, 9.17) is 21.6 Å². The van der Waals surface area contributed by atoms with E-state index in [1.54, 1.807) is 7.11 Å². The third kappa shape index (κ3) is 4.14. The van der Waals surface area contributed by atoms with Gasteiger partial charge in [0.2, 0.25) is 0 Å². The zero-order valence-corrected chi connectivity index (χ0v) is 15.0. The Balaban J connectivity index is 0.00000243. The van der Waals surface area contributed by atoms with Crippen LogP contribution in [0, 0.1) is 12.3 Å². The molecule has 3 rings (SSSR count). The lowest BCUT2D eigenvalue weighted by Crippen LogP contribution is -2.11. The van der Waals surface area contributed by atoms with E-state index in [1.165, 1.54) is 6.33 Å². The molecular formula is C19H19ClN4O2. The summed E-state index contributed by atoms with van der Waals surface area (Å²) in [6, 6.07) is 11.2. The van der Waals surface area contributed by atoms with Crippen LogP contribution in [0.3, 0.4) is 0 Å². The molecule has 3 N–H and O–H groups in total. The molecule has 134 valence electrons. The number of hydrogen-bond acceptors (Lipinski definition) is 6. The van der Waals surface area contributed by atoms with Crippen LogP contribution < -0.4 is 20.5 Å². The fraction of sp³-hybridized carbons (Fsp3) is 0.158. The second-order valence-electron chi connectivity index (χ2n) is 5.23. The summed E-state index contributed by atoms with van der Waals surface area (Å²) in [7, 11) is 1.59. The van der Waals surface area contributed by atoms with Crippen LogP contribution in [0.2, 0.25) is 0 Å². The van der Waals surface area contributed by atoms with Gasteiger partial charge in [-0.1, -0.05) is 12.0 Å². The topological polar surface area (TPSA) is 82.3 Å². The lowest BCUT2D eigenvalue weighted by atomic mass is 10.2. The minimum Gasteiger partial charge on any atom is -0.493 e. The van der Waals surface area contributed by atoms with Crippen molar-refractivity contribution < 1.29 is 9.47 Å². The van der Waals surface area contributed by atoms with Crippen molar-refractivity contribution in [3.8, 4) is 23.8 Å². The van der Waals surface area contributed by atoms with Crippen LogP contribution in [0.4, 0.5) is 11.5 Å². The predicted octanol–water partition coefficient (Wildman–Crippen LogP) is 3.12. The van der Waals surface area contributed by atoms with Gasteiger partial charge in [-0.3, -0.25) is 0 Å². The summed E-state index contributed by atoms with van der Waals surface area (Å²) in [5.74, 6) is 4.46. The molecule has 1 heterocycles. The summed E-state index contributed by atoms with van der Waals surface area (Å²) in [5, 5.41) is 4.08. The molecule has 2 aromatic carbocycles. The monoisotopic (exact) mass is 370 g/mol. The average molecular weight is 371 g/mol. The van der Waals surface area contributed by atoms with Crippen molar-refractivity contribution in [1.82, 2.24) is 9.97 Å². The van der Waals surface area contributed by atoms with Crippen molar-refractivity contribution in [1.29, 1.82) is 0 Å². The Bertz CT molecular complexity index is 940. The molecule has 0 aliphatic carbocycles. The van der Waals surface area contributed by atoms with Crippen LogP contribution in [-0.2, 0) is 0 Å². The number of nitrogens with one attached hydrogen (secondary N) is 1. The van der Waals surface area contributed by atoms with Crippen molar-refractivity contribution >= 4 is 34.8 Å². The number of fused-ring (bicyclic) bond motifs is 1. The van der Waals surface area contributed by atoms with Gasteiger partial charge in [-0.15, -0.1) is 18.8 Å². The van der Waals surface area contributed by atoms with E-state index in [0.29, 0.717) is 30.5 Å². The molecule has 0 radical (unpaired) electrons.